The van der Waals surface area contributed by atoms with Crippen molar-refractivity contribution < 1.29 is 4.74 Å². The molecule has 1 aliphatic heterocycles. The minimum atomic E-state index is 0.331. The van der Waals surface area contributed by atoms with E-state index in [-0.39, 0.29) is 0 Å². The molecule has 2 aromatic heterocycles. The third kappa shape index (κ3) is 3.81. The van der Waals surface area contributed by atoms with Gasteiger partial charge in [-0.3, -0.25) is 0 Å². The molecule has 1 atom stereocenters. The average molecular weight is 528 g/mol. The maximum Gasteiger partial charge on any atom is 0.155 e. The average Bonchev–Trinajstić information content (AvgIpc) is 3.44. The summed E-state index contributed by atoms with van der Waals surface area (Å²) in [5, 5.41) is 7.17. The fourth-order valence-electron chi connectivity index (χ4n) is 5.85. The number of hydrogen-bond donors (Lipinski definition) is 2. The molecule has 40 heavy (non-hydrogen) atoms. The minimum absolute atomic E-state index is 0.331. The van der Waals surface area contributed by atoms with Gasteiger partial charge in [-0.15, -0.1) is 0 Å². The third-order valence-electron chi connectivity index (χ3n) is 8.30. The molecule has 0 radical (unpaired) electrons. The molecule has 0 aliphatic carbocycles. The molecule has 0 spiro atoms. The van der Waals surface area contributed by atoms with Crippen LogP contribution in [0.5, 0.6) is 5.75 Å². The maximum atomic E-state index is 6.34. The first-order valence-corrected chi connectivity index (χ1v) is 14.1. The standard InChI is InChI=1S/C34H33N5O/c1-6-19(4)37-31-20(5)30-28(15-35-17-36-30)27-14-22(8-10-25(27)31)21-7-9-24-23(13-21)16-40-33-26(24)11-12-29-32(33)39-34(38-29)18(2)3/h7-15,17-19,37H,6,16H2,1-5H3,(H,38,39). The number of imidazole rings is 1. The van der Waals surface area contributed by atoms with Gasteiger partial charge < -0.3 is 15.0 Å². The van der Waals surface area contributed by atoms with Crippen LogP contribution in [0.3, 0.4) is 0 Å². The van der Waals surface area contributed by atoms with E-state index in [2.05, 4.69) is 103 Å². The van der Waals surface area contributed by atoms with Crippen LogP contribution in [0.15, 0.2) is 61.1 Å². The van der Waals surface area contributed by atoms with Crippen LogP contribution in [0, 0.1) is 6.92 Å². The number of aromatic amines is 1. The molecule has 0 saturated carbocycles. The molecule has 2 N–H and O–H groups in total. The van der Waals surface area contributed by atoms with Gasteiger partial charge in [-0.2, -0.15) is 0 Å². The number of anilines is 1. The summed E-state index contributed by atoms with van der Waals surface area (Å²) in [6.07, 6.45) is 4.62. The Labute approximate surface area is 233 Å². The fraction of sp³-hybridized carbons (Fsp3) is 0.265. The predicted molar refractivity (Wildman–Crippen MR) is 164 cm³/mol. The van der Waals surface area contributed by atoms with Gasteiger partial charge in [0.2, 0.25) is 0 Å². The molecule has 6 heteroatoms. The molecule has 7 rings (SSSR count). The van der Waals surface area contributed by atoms with Crippen LogP contribution in [0.4, 0.5) is 5.69 Å². The van der Waals surface area contributed by atoms with Crippen LogP contribution in [-0.4, -0.2) is 26.0 Å². The number of rotatable bonds is 5. The summed E-state index contributed by atoms with van der Waals surface area (Å²) in [6, 6.07) is 18.1. The number of nitrogens with zero attached hydrogens (tertiary/aromatic N) is 3. The summed E-state index contributed by atoms with van der Waals surface area (Å²) in [4.78, 5) is 17.3. The molecule has 3 heterocycles. The van der Waals surface area contributed by atoms with Crippen LogP contribution in [0.2, 0.25) is 0 Å². The lowest BCUT2D eigenvalue weighted by molar-refractivity contribution is 0.305. The predicted octanol–water partition coefficient (Wildman–Crippen LogP) is 8.53. The Kier molecular flexibility index (Phi) is 5.74. The molecule has 0 amide bonds. The van der Waals surface area contributed by atoms with E-state index < -0.39 is 0 Å². The molecule has 0 saturated heterocycles. The van der Waals surface area contributed by atoms with Crippen molar-refractivity contribution in [3.63, 3.8) is 0 Å². The molecule has 1 unspecified atom stereocenters. The van der Waals surface area contributed by atoms with Crippen molar-refractivity contribution in [2.24, 2.45) is 0 Å². The number of benzene rings is 4. The number of ether oxygens (including phenoxy) is 1. The van der Waals surface area contributed by atoms with E-state index in [0.29, 0.717) is 18.6 Å². The zero-order valence-corrected chi connectivity index (χ0v) is 23.6. The lowest BCUT2D eigenvalue weighted by atomic mass is 9.91. The highest BCUT2D eigenvalue weighted by Gasteiger charge is 2.23. The summed E-state index contributed by atoms with van der Waals surface area (Å²) >= 11 is 0. The smallest absolute Gasteiger partial charge is 0.155 e. The maximum absolute atomic E-state index is 6.34. The van der Waals surface area contributed by atoms with Crippen LogP contribution in [-0.2, 0) is 6.61 Å². The molecular formula is C34H33N5O. The summed E-state index contributed by atoms with van der Waals surface area (Å²) < 4.78 is 6.34. The van der Waals surface area contributed by atoms with E-state index in [9.17, 15) is 0 Å². The first kappa shape index (κ1) is 24.6. The summed E-state index contributed by atoms with van der Waals surface area (Å²) in [6.45, 7) is 11.4. The van der Waals surface area contributed by atoms with Gasteiger partial charge in [0.05, 0.1) is 11.0 Å². The largest absolute Gasteiger partial charge is 0.486 e. The normalized spacial score (nSPS) is 13.4. The topological polar surface area (TPSA) is 75.7 Å². The second kappa shape index (κ2) is 9.33. The number of nitrogens with one attached hydrogen (secondary N) is 2. The number of H-pyrrole nitrogens is 1. The second-order valence-electron chi connectivity index (χ2n) is 11.3. The number of aromatic nitrogens is 4. The lowest BCUT2D eigenvalue weighted by Gasteiger charge is -2.22. The van der Waals surface area contributed by atoms with Gasteiger partial charge >= 0.3 is 0 Å². The molecular weight excluding hydrogens is 494 g/mol. The highest BCUT2D eigenvalue weighted by molar-refractivity contribution is 6.14. The lowest BCUT2D eigenvalue weighted by Crippen LogP contribution is -2.15. The Hall–Kier alpha value is -4.45. The summed E-state index contributed by atoms with van der Waals surface area (Å²) in [7, 11) is 0. The Balaban J connectivity index is 1.34. The number of fused-ring (bicyclic) bond motifs is 8. The molecule has 0 fully saturated rings. The number of hydrogen-bond acceptors (Lipinski definition) is 5. The first-order chi connectivity index (χ1) is 19.4. The summed E-state index contributed by atoms with van der Waals surface area (Å²) in [5.41, 5.74) is 11.1. The van der Waals surface area contributed by atoms with Crippen molar-refractivity contribution in [2.45, 2.75) is 59.6 Å². The monoisotopic (exact) mass is 527 g/mol. The molecule has 200 valence electrons. The van der Waals surface area contributed by atoms with Gasteiger partial charge in [0, 0.05) is 40.2 Å². The Morgan fingerprint density at radius 3 is 2.55 bits per heavy atom. The summed E-state index contributed by atoms with van der Waals surface area (Å²) in [5.74, 6) is 2.19. The van der Waals surface area contributed by atoms with E-state index in [1.165, 1.54) is 16.5 Å². The SMILES string of the molecule is CCC(C)Nc1c(C)c2ncncc2c2cc(-c3ccc4c(c3)COc3c-4ccc4[nH]c(C(C)C)nc34)ccc12. The molecule has 6 nitrogen and oxygen atoms in total. The highest BCUT2D eigenvalue weighted by atomic mass is 16.5. The Bertz CT molecular complexity index is 1940. The van der Waals surface area contributed by atoms with Gasteiger partial charge in [-0.05, 0) is 77.7 Å². The molecule has 4 aromatic carbocycles. The van der Waals surface area contributed by atoms with E-state index in [0.717, 1.165) is 73.3 Å². The van der Waals surface area contributed by atoms with E-state index in [4.69, 9.17) is 9.72 Å². The van der Waals surface area contributed by atoms with E-state index >= 15 is 0 Å². The second-order valence-corrected chi connectivity index (χ2v) is 11.3. The van der Waals surface area contributed by atoms with Crippen LogP contribution >= 0.6 is 0 Å². The van der Waals surface area contributed by atoms with E-state index in [1.54, 1.807) is 6.33 Å². The van der Waals surface area contributed by atoms with Crippen molar-refractivity contribution in [3.05, 3.63) is 78.0 Å². The van der Waals surface area contributed by atoms with Gasteiger partial charge in [0.25, 0.3) is 0 Å². The highest BCUT2D eigenvalue weighted by Crippen LogP contribution is 2.44. The zero-order chi connectivity index (χ0) is 27.5. The van der Waals surface area contributed by atoms with Crippen molar-refractivity contribution in [1.82, 2.24) is 19.9 Å². The van der Waals surface area contributed by atoms with Crippen LogP contribution in [0.1, 0.15) is 57.0 Å². The molecule has 0 bridgehead atoms. The van der Waals surface area contributed by atoms with Crippen molar-refractivity contribution in [1.29, 1.82) is 0 Å². The Morgan fingerprint density at radius 1 is 0.925 bits per heavy atom. The fourth-order valence-corrected chi connectivity index (χ4v) is 5.85. The van der Waals surface area contributed by atoms with Crippen molar-refractivity contribution >= 4 is 38.4 Å². The van der Waals surface area contributed by atoms with E-state index in [1.807, 2.05) is 6.20 Å². The van der Waals surface area contributed by atoms with Crippen molar-refractivity contribution in [3.8, 4) is 28.0 Å². The quantitative estimate of drug-likeness (QED) is 0.220. The Morgan fingerprint density at radius 2 is 1.73 bits per heavy atom. The number of aryl methyl sites for hydroxylation is 1. The molecule has 1 aliphatic rings. The van der Waals surface area contributed by atoms with Gasteiger partial charge in [0.1, 0.15) is 24.3 Å². The van der Waals surface area contributed by atoms with Crippen molar-refractivity contribution in [2.75, 3.05) is 5.32 Å². The van der Waals surface area contributed by atoms with Gasteiger partial charge in [-0.25, -0.2) is 15.0 Å². The zero-order valence-electron chi connectivity index (χ0n) is 23.6. The van der Waals surface area contributed by atoms with Gasteiger partial charge in [0.15, 0.2) is 5.75 Å². The molecule has 6 aromatic rings. The van der Waals surface area contributed by atoms with Crippen LogP contribution in [0.25, 0.3) is 55.0 Å². The first-order valence-electron chi connectivity index (χ1n) is 14.1. The third-order valence-corrected chi connectivity index (χ3v) is 8.30. The van der Waals surface area contributed by atoms with Gasteiger partial charge in [-0.1, -0.05) is 45.0 Å². The minimum Gasteiger partial charge on any atom is -0.486 e. The van der Waals surface area contributed by atoms with Crippen LogP contribution < -0.4 is 10.1 Å².